The van der Waals surface area contributed by atoms with Crippen molar-refractivity contribution in [2.45, 2.75) is 76.7 Å². The Morgan fingerprint density at radius 1 is 0.812 bits per heavy atom. The van der Waals surface area contributed by atoms with Crippen molar-refractivity contribution in [2.24, 2.45) is 0 Å². The zero-order valence-electron chi connectivity index (χ0n) is 39.4. The number of ether oxygens (including phenoxy) is 5. The van der Waals surface area contributed by atoms with E-state index < -0.39 is 50.1 Å². The molecule has 1 aliphatic heterocycles. The maximum atomic E-state index is 14.3. The fraction of sp³-hybridized carbons (Fsp3) is 0.302. The number of carbonyl (C=O) groups is 2. The Bertz CT molecular complexity index is 2660. The molecule has 0 spiro atoms. The fourth-order valence-electron chi connectivity index (χ4n) is 8.15. The molecule has 1 aromatic heterocycles. The van der Waals surface area contributed by atoms with Crippen molar-refractivity contribution in [3.05, 3.63) is 184 Å². The molecule has 6 aromatic rings. The molecule has 1 fully saturated rings. The van der Waals surface area contributed by atoms with Gasteiger partial charge in [0.1, 0.15) is 29.4 Å². The quantitative estimate of drug-likeness (QED) is 0.0313. The van der Waals surface area contributed by atoms with Gasteiger partial charge in [0.2, 0.25) is 0 Å². The van der Waals surface area contributed by atoms with E-state index in [4.69, 9.17) is 32.7 Å². The molecule has 69 heavy (non-hydrogen) atoms. The summed E-state index contributed by atoms with van der Waals surface area (Å²) in [5.41, 5.74) is 0.898. The van der Waals surface area contributed by atoms with Crippen molar-refractivity contribution >= 4 is 26.2 Å². The van der Waals surface area contributed by atoms with Crippen LogP contribution in [0.3, 0.4) is 0 Å². The third-order valence-electron chi connectivity index (χ3n) is 11.4. The van der Waals surface area contributed by atoms with E-state index >= 15 is 0 Å². The summed E-state index contributed by atoms with van der Waals surface area (Å²) >= 11 is 0. The first-order valence-corrected chi connectivity index (χ1v) is 23.7. The lowest BCUT2D eigenvalue weighted by molar-refractivity contribution is -0.0926. The molecule has 4 atom stereocenters. The zero-order chi connectivity index (χ0) is 48.9. The van der Waals surface area contributed by atoms with Crippen LogP contribution in [-0.4, -0.2) is 77.8 Å². The van der Waals surface area contributed by atoms with Gasteiger partial charge in [-0.2, -0.15) is 10.2 Å². The van der Waals surface area contributed by atoms with Crippen molar-refractivity contribution < 1.29 is 42.3 Å². The minimum atomic E-state index is -1.81. The molecule has 0 saturated carbocycles. The summed E-state index contributed by atoms with van der Waals surface area (Å²) in [4.78, 5) is 45.5. The third kappa shape index (κ3) is 11.9. The van der Waals surface area contributed by atoms with Gasteiger partial charge in [0.15, 0.2) is 11.6 Å². The number of nitrogens with one attached hydrogen (secondary N) is 1. The molecular formula is C53H56N5O10P. The minimum Gasteiger partial charge on any atom is -0.497 e. The standard InChI is InChI=1S/C53H56N5O10P/c1-36(2)58(37(3)4)69(65-32-16-31-54)68-45-33-48(57-34-46(67-51(60)39-19-12-8-13-20-39)49(56-52(57)61)55-50(59)38-17-10-7-11-18-38)66-47(45)35-64-53(40-21-14-9-15-22-40,41-23-27-43(62-5)28-24-41)42-25-29-44(63-6)30-26-42/h7-15,17-30,34,36-37,45,47-48H,16,32-33,35H2,1-6H3,(H,55,56,59,61). The van der Waals surface area contributed by atoms with E-state index in [1.807, 2.05) is 107 Å². The Hall–Kier alpha value is -6.76. The van der Waals surface area contributed by atoms with Crippen LogP contribution in [0.1, 0.15) is 84.2 Å². The number of nitriles is 1. The largest absolute Gasteiger partial charge is 0.497 e. The lowest BCUT2D eigenvalue weighted by atomic mass is 9.80. The summed E-state index contributed by atoms with van der Waals surface area (Å²) < 4.78 is 47.9. The summed E-state index contributed by atoms with van der Waals surface area (Å²) in [6.45, 7) is 8.21. The number of nitrogens with zero attached hydrogens (tertiary/aromatic N) is 4. The first-order chi connectivity index (χ1) is 33.4. The second kappa shape index (κ2) is 23.5. The van der Waals surface area contributed by atoms with E-state index in [2.05, 4.69) is 21.0 Å². The van der Waals surface area contributed by atoms with Crippen molar-refractivity contribution in [1.29, 1.82) is 5.26 Å². The molecule has 4 unspecified atom stereocenters. The normalized spacial score (nSPS) is 16.3. The molecule has 0 bridgehead atoms. The van der Waals surface area contributed by atoms with Crippen LogP contribution in [-0.2, 0) is 24.1 Å². The molecule has 16 heteroatoms. The molecule has 2 heterocycles. The molecule has 0 radical (unpaired) electrons. The summed E-state index contributed by atoms with van der Waals surface area (Å²) in [6.07, 6.45) is -1.14. The lowest BCUT2D eigenvalue weighted by Gasteiger charge is -2.39. The summed E-state index contributed by atoms with van der Waals surface area (Å²) in [5, 5.41) is 12.1. The predicted octanol–water partition coefficient (Wildman–Crippen LogP) is 9.69. The number of rotatable bonds is 21. The van der Waals surface area contributed by atoms with Gasteiger partial charge in [-0.05, 0) is 92.9 Å². The smallest absolute Gasteiger partial charge is 0.351 e. The van der Waals surface area contributed by atoms with Crippen molar-refractivity contribution in [1.82, 2.24) is 14.2 Å². The molecule has 1 aliphatic rings. The number of amides is 1. The Morgan fingerprint density at radius 3 is 1.88 bits per heavy atom. The highest BCUT2D eigenvalue weighted by molar-refractivity contribution is 7.44. The van der Waals surface area contributed by atoms with Crippen LogP contribution in [0.4, 0.5) is 5.82 Å². The van der Waals surface area contributed by atoms with Crippen molar-refractivity contribution in [3.63, 3.8) is 0 Å². The fourth-order valence-corrected chi connectivity index (χ4v) is 9.91. The first kappa shape index (κ1) is 50.1. The first-order valence-electron chi connectivity index (χ1n) is 22.6. The van der Waals surface area contributed by atoms with E-state index in [9.17, 15) is 19.6 Å². The van der Waals surface area contributed by atoms with Crippen LogP contribution >= 0.6 is 8.53 Å². The number of hydrogen-bond acceptors (Lipinski definition) is 13. The van der Waals surface area contributed by atoms with Gasteiger partial charge in [-0.3, -0.25) is 9.36 Å². The van der Waals surface area contributed by atoms with Gasteiger partial charge in [0.05, 0.1) is 57.8 Å². The van der Waals surface area contributed by atoms with Gasteiger partial charge in [-0.25, -0.2) is 14.3 Å². The maximum absolute atomic E-state index is 14.3. The number of methoxy groups -OCH3 is 2. The topological polar surface area (TPSA) is 173 Å². The van der Waals surface area contributed by atoms with E-state index in [-0.39, 0.29) is 55.3 Å². The Morgan fingerprint density at radius 2 is 1.35 bits per heavy atom. The molecule has 358 valence electrons. The van der Waals surface area contributed by atoms with Crippen LogP contribution in [0.2, 0.25) is 0 Å². The number of benzene rings is 5. The molecule has 5 aromatic carbocycles. The van der Waals surface area contributed by atoms with Gasteiger partial charge in [-0.1, -0.05) is 91.0 Å². The van der Waals surface area contributed by atoms with Gasteiger partial charge >= 0.3 is 11.7 Å². The average Bonchev–Trinajstić information content (AvgIpc) is 3.77. The number of carbonyl (C=O) groups excluding carboxylic acids is 2. The van der Waals surface area contributed by atoms with E-state index in [1.54, 1.807) is 74.9 Å². The Kier molecular flexibility index (Phi) is 17.1. The summed E-state index contributed by atoms with van der Waals surface area (Å²) in [5.74, 6) is -0.438. The molecule has 1 N–H and O–H groups in total. The van der Waals surface area contributed by atoms with E-state index in [0.29, 0.717) is 17.1 Å². The third-order valence-corrected chi connectivity index (χ3v) is 13.6. The number of aromatic nitrogens is 2. The predicted molar refractivity (Wildman–Crippen MR) is 261 cm³/mol. The van der Waals surface area contributed by atoms with Gasteiger partial charge in [0.25, 0.3) is 14.4 Å². The highest BCUT2D eigenvalue weighted by atomic mass is 31.2. The van der Waals surface area contributed by atoms with Crippen LogP contribution in [0.15, 0.2) is 151 Å². The lowest BCUT2D eigenvalue weighted by Crippen LogP contribution is -2.39. The van der Waals surface area contributed by atoms with Crippen LogP contribution < -0.4 is 25.2 Å². The van der Waals surface area contributed by atoms with E-state index in [1.165, 1.54) is 10.8 Å². The number of hydrogen-bond donors (Lipinski definition) is 1. The second-order valence-corrected chi connectivity index (χ2v) is 18.0. The minimum absolute atomic E-state index is 0.0193. The number of anilines is 1. The molecular weight excluding hydrogens is 898 g/mol. The summed E-state index contributed by atoms with van der Waals surface area (Å²) in [7, 11) is 1.41. The van der Waals surface area contributed by atoms with Crippen molar-refractivity contribution in [3.8, 4) is 23.3 Å². The van der Waals surface area contributed by atoms with E-state index in [0.717, 1.165) is 16.7 Å². The highest BCUT2D eigenvalue weighted by Gasteiger charge is 2.45. The Balaban J connectivity index is 1.32. The van der Waals surface area contributed by atoms with Crippen LogP contribution in [0, 0.1) is 11.3 Å². The molecule has 1 saturated heterocycles. The molecule has 0 aliphatic carbocycles. The molecule has 1 amide bonds. The van der Waals surface area contributed by atoms with Gasteiger partial charge in [-0.15, -0.1) is 0 Å². The van der Waals surface area contributed by atoms with Gasteiger partial charge in [0, 0.05) is 24.1 Å². The van der Waals surface area contributed by atoms with Crippen LogP contribution in [0.5, 0.6) is 17.2 Å². The maximum Gasteiger partial charge on any atom is 0.351 e. The monoisotopic (exact) mass is 953 g/mol. The summed E-state index contributed by atoms with van der Waals surface area (Å²) in [6, 6.07) is 43.9. The number of esters is 1. The average molecular weight is 954 g/mol. The van der Waals surface area contributed by atoms with Crippen LogP contribution in [0.25, 0.3) is 0 Å². The van der Waals surface area contributed by atoms with Gasteiger partial charge < -0.3 is 38.0 Å². The Labute approximate surface area is 403 Å². The SMILES string of the molecule is COc1ccc(C(OCC2OC(n3cc(OC(=O)c4ccccc4)c(NC(=O)c4ccccc4)nc3=O)CC2OP(OCCC#N)N(C(C)C)C(C)C)(c2ccccc2)c2ccc(OC)cc2)cc1. The molecule has 15 nitrogen and oxygen atoms in total. The van der Waals surface area contributed by atoms with Crippen molar-refractivity contribution in [2.75, 3.05) is 32.8 Å². The highest BCUT2D eigenvalue weighted by Crippen LogP contribution is 2.51. The molecule has 7 rings (SSSR count). The second-order valence-electron chi connectivity index (χ2n) is 16.6. The zero-order valence-corrected chi connectivity index (χ0v) is 40.3.